The SMILES string of the molecule is CC1C(=O)C=C(N(C)C)C1C. The summed E-state index contributed by atoms with van der Waals surface area (Å²) in [4.78, 5) is 13.2. The van der Waals surface area contributed by atoms with Crippen molar-refractivity contribution in [2.45, 2.75) is 13.8 Å². The van der Waals surface area contributed by atoms with Gasteiger partial charge in [0.25, 0.3) is 0 Å². The van der Waals surface area contributed by atoms with Gasteiger partial charge in [-0.15, -0.1) is 0 Å². The summed E-state index contributed by atoms with van der Waals surface area (Å²) in [5.74, 6) is 0.825. The first kappa shape index (κ1) is 8.31. The van der Waals surface area contributed by atoms with E-state index < -0.39 is 0 Å². The van der Waals surface area contributed by atoms with Crippen molar-refractivity contribution in [1.29, 1.82) is 0 Å². The van der Waals surface area contributed by atoms with Gasteiger partial charge in [0.05, 0.1) is 0 Å². The zero-order valence-electron chi connectivity index (χ0n) is 7.59. The van der Waals surface area contributed by atoms with Gasteiger partial charge in [-0.3, -0.25) is 4.79 Å². The molecule has 0 fully saturated rings. The predicted octanol–water partition coefficient (Wildman–Crippen LogP) is 1.29. The molecule has 0 aromatic carbocycles. The molecule has 2 atom stereocenters. The van der Waals surface area contributed by atoms with E-state index >= 15 is 0 Å². The average molecular weight is 153 g/mol. The Bertz CT molecular complexity index is 206. The number of nitrogens with zero attached hydrogens (tertiary/aromatic N) is 1. The summed E-state index contributed by atoms with van der Waals surface area (Å²) >= 11 is 0. The van der Waals surface area contributed by atoms with Crippen LogP contribution in [-0.2, 0) is 4.79 Å². The maximum absolute atomic E-state index is 11.2. The van der Waals surface area contributed by atoms with Crippen LogP contribution in [0.4, 0.5) is 0 Å². The molecule has 0 bridgehead atoms. The van der Waals surface area contributed by atoms with Crippen molar-refractivity contribution in [3.63, 3.8) is 0 Å². The van der Waals surface area contributed by atoms with Gasteiger partial charge in [0, 0.05) is 37.7 Å². The van der Waals surface area contributed by atoms with Gasteiger partial charge in [-0.1, -0.05) is 13.8 Å². The van der Waals surface area contributed by atoms with E-state index in [0.717, 1.165) is 5.70 Å². The summed E-state index contributed by atoms with van der Waals surface area (Å²) in [6.45, 7) is 4.08. The zero-order valence-corrected chi connectivity index (χ0v) is 7.59. The third kappa shape index (κ3) is 1.30. The van der Waals surface area contributed by atoms with Crippen molar-refractivity contribution < 1.29 is 4.79 Å². The van der Waals surface area contributed by atoms with Gasteiger partial charge in [-0.25, -0.2) is 0 Å². The number of ketones is 1. The lowest BCUT2D eigenvalue weighted by molar-refractivity contribution is -0.117. The van der Waals surface area contributed by atoms with Crippen LogP contribution >= 0.6 is 0 Å². The van der Waals surface area contributed by atoms with Crippen LogP contribution in [0.5, 0.6) is 0 Å². The summed E-state index contributed by atoms with van der Waals surface area (Å²) in [6, 6.07) is 0. The normalized spacial score (nSPS) is 30.5. The minimum absolute atomic E-state index is 0.174. The van der Waals surface area contributed by atoms with E-state index in [9.17, 15) is 4.79 Å². The molecule has 0 aliphatic heterocycles. The molecule has 2 heteroatoms. The van der Waals surface area contributed by atoms with Gasteiger partial charge in [0.15, 0.2) is 5.78 Å². The molecule has 0 radical (unpaired) electrons. The number of rotatable bonds is 1. The molecule has 0 amide bonds. The van der Waals surface area contributed by atoms with E-state index in [0.29, 0.717) is 5.92 Å². The zero-order chi connectivity index (χ0) is 8.59. The van der Waals surface area contributed by atoms with Gasteiger partial charge in [0.1, 0.15) is 0 Å². The van der Waals surface area contributed by atoms with Crippen LogP contribution in [0.3, 0.4) is 0 Å². The van der Waals surface area contributed by atoms with E-state index in [1.165, 1.54) is 0 Å². The maximum Gasteiger partial charge on any atom is 0.160 e. The Morgan fingerprint density at radius 1 is 1.27 bits per heavy atom. The van der Waals surface area contributed by atoms with Crippen molar-refractivity contribution >= 4 is 5.78 Å². The van der Waals surface area contributed by atoms with Gasteiger partial charge in [-0.05, 0) is 0 Å². The molecule has 0 spiro atoms. The monoisotopic (exact) mass is 153 g/mol. The van der Waals surface area contributed by atoms with Crippen LogP contribution in [0.2, 0.25) is 0 Å². The van der Waals surface area contributed by atoms with E-state index in [-0.39, 0.29) is 11.7 Å². The fourth-order valence-corrected chi connectivity index (χ4v) is 1.45. The quantitative estimate of drug-likeness (QED) is 0.565. The average Bonchev–Trinajstić information content (AvgIpc) is 2.17. The molecule has 1 aliphatic rings. The Morgan fingerprint density at radius 3 is 2.00 bits per heavy atom. The van der Waals surface area contributed by atoms with E-state index in [4.69, 9.17) is 0 Å². The fourth-order valence-electron chi connectivity index (χ4n) is 1.45. The van der Waals surface area contributed by atoms with Crippen molar-refractivity contribution in [3.05, 3.63) is 11.8 Å². The summed E-state index contributed by atoms with van der Waals surface area (Å²) in [6.07, 6.45) is 1.76. The number of carbonyl (C=O) groups is 1. The number of hydrogen-bond donors (Lipinski definition) is 0. The largest absolute Gasteiger partial charge is 0.381 e. The second kappa shape index (κ2) is 2.68. The lowest BCUT2D eigenvalue weighted by atomic mass is 9.97. The van der Waals surface area contributed by atoms with Gasteiger partial charge in [0.2, 0.25) is 0 Å². The van der Waals surface area contributed by atoms with E-state index in [1.54, 1.807) is 6.08 Å². The number of hydrogen-bond acceptors (Lipinski definition) is 2. The topological polar surface area (TPSA) is 20.3 Å². The van der Waals surface area contributed by atoms with Gasteiger partial charge >= 0.3 is 0 Å². The minimum Gasteiger partial charge on any atom is -0.381 e. The molecular weight excluding hydrogens is 138 g/mol. The Morgan fingerprint density at radius 2 is 1.82 bits per heavy atom. The van der Waals surface area contributed by atoms with Crippen LogP contribution < -0.4 is 0 Å². The number of carbonyl (C=O) groups excluding carboxylic acids is 1. The van der Waals surface area contributed by atoms with Gasteiger partial charge in [-0.2, -0.15) is 0 Å². The van der Waals surface area contributed by atoms with Crippen LogP contribution in [0.15, 0.2) is 11.8 Å². The third-order valence-corrected chi connectivity index (χ3v) is 2.47. The molecule has 0 aromatic heterocycles. The minimum atomic E-state index is 0.174. The lowest BCUT2D eigenvalue weighted by Gasteiger charge is -2.20. The maximum atomic E-state index is 11.2. The van der Waals surface area contributed by atoms with Crippen molar-refractivity contribution in [2.75, 3.05) is 14.1 Å². The molecule has 62 valence electrons. The predicted molar refractivity (Wildman–Crippen MR) is 45.1 cm³/mol. The Labute approximate surface area is 67.9 Å². The molecule has 0 heterocycles. The molecule has 0 aromatic rings. The van der Waals surface area contributed by atoms with E-state index in [2.05, 4.69) is 6.92 Å². The molecule has 2 nitrogen and oxygen atoms in total. The highest BCUT2D eigenvalue weighted by Gasteiger charge is 2.29. The van der Waals surface area contributed by atoms with Gasteiger partial charge < -0.3 is 4.90 Å². The smallest absolute Gasteiger partial charge is 0.160 e. The number of allylic oxidation sites excluding steroid dienone is 2. The summed E-state index contributed by atoms with van der Waals surface area (Å²) in [5.41, 5.74) is 1.16. The second-order valence-electron chi connectivity index (χ2n) is 3.44. The van der Waals surface area contributed by atoms with Crippen molar-refractivity contribution in [3.8, 4) is 0 Å². The highest BCUT2D eigenvalue weighted by molar-refractivity contribution is 5.95. The molecule has 0 saturated carbocycles. The summed E-state index contributed by atoms with van der Waals surface area (Å²) in [7, 11) is 3.96. The first-order valence-corrected chi connectivity index (χ1v) is 3.96. The molecule has 1 rings (SSSR count). The van der Waals surface area contributed by atoms with Crippen LogP contribution in [0, 0.1) is 11.8 Å². The standard InChI is InChI=1S/C9H15NO/c1-6-7(2)9(11)5-8(6)10(3)4/h5-7H,1-4H3. The molecular formula is C9H15NO. The molecule has 1 aliphatic carbocycles. The molecule has 0 saturated heterocycles. The summed E-state index contributed by atoms with van der Waals surface area (Å²) < 4.78 is 0. The Kier molecular flexibility index (Phi) is 2.03. The van der Waals surface area contributed by atoms with Crippen LogP contribution in [0.25, 0.3) is 0 Å². The third-order valence-electron chi connectivity index (χ3n) is 2.47. The fraction of sp³-hybridized carbons (Fsp3) is 0.667. The van der Waals surface area contributed by atoms with E-state index in [1.807, 2.05) is 25.9 Å². The second-order valence-corrected chi connectivity index (χ2v) is 3.44. The molecule has 11 heavy (non-hydrogen) atoms. The Balaban J connectivity index is 2.83. The van der Waals surface area contributed by atoms with Crippen molar-refractivity contribution in [1.82, 2.24) is 4.90 Å². The molecule has 0 N–H and O–H groups in total. The van der Waals surface area contributed by atoms with Crippen LogP contribution in [-0.4, -0.2) is 24.8 Å². The van der Waals surface area contributed by atoms with Crippen molar-refractivity contribution in [2.24, 2.45) is 11.8 Å². The highest BCUT2D eigenvalue weighted by Crippen LogP contribution is 2.29. The molecule has 2 unspecified atom stereocenters. The first-order valence-electron chi connectivity index (χ1n) is 3.96. The highest BCUT2D eigenvalue weighted by atomic mass is 16.1. The Hall–Kier alpha value is -0.790. The van der Waals surface area contributed by atoms with Crippen LogP contribution in [0.1, 0.15) is 13.8 Å². The first-order chi connectivity index (χ1) is 5.04. The summed E-state index contributed by atoms with van der Waals surface area (Å²) in [5, 5.41) is 0. The lowest BCUT2D eigenvalue weighted by Crippen LogP contribution is -2.18.